The van der Waals surface area contributed by atoms with E-state index in [-0.39, 0.29) is 11.4 Å². The van der Waals surface area contributed by atoms with E-state index in [1.54, 1.807) is 6.92 Å². The lowest BCUT2D eigenvalue weighted by atomic mass is 10.0. The summed E-state index contributed by atoms with van der Waals surface area (Å²) in [7, 11) is 0. The molecule has 3 unspecified atom stereocenters. The van der Waals surface area contributed by atoms with Crippen LogP contribution < -0.4 is 11.1 Å². The first-order chi connectivity index (χ1) is 12.3. The number of aliphatic carboxylic acids is 1. The van der Waals surface area contributed by atoms with Crippen LogP contribution in [0.2, 0.25) is 0 Å². The van der Waals surface area contributed by atoms with E-state index in [9.17, 15) is 24.4 Å². The van der Waals surface area contributed by atoms with Crippen LogP contribution in [0.15, 0.2) is 40.7 Å². The van der Waals surface area contributed by atoms with Crippen LogP contribution in [0.4, 0.5) is 5.69 Å². The molecule has 1 saturated heterocycles. The molecular formula is C16H16N4O5S. The highest BCUT2D eigenvalue weighted by atomic mass is 32.2. The summed E-state index contributed by atoms with van der Waals surface area (Å²) >= 11 is 1.39. The topological polar surface area (TPSA) is 142 Å². The number of amides is 2. The van der Waals surface area contributed by atoms with Gasteiger partial charge in [-0.25, -0.2) is 4.79 Å². The third-order valence-electron chi connectivity index (χ3n) is 4.30. The molecule has 0 aromatic heterocycles. The molecule has 2 heterocycles. The number of benzene rings is 1. The molecule has 10 heteroatoms. The lowest BCUT2D eigenvalue weighted by Gasteiger charge is -2.49. The van der Waals surface area contributed by atoms with Crippen molar-refractivity contribution in [1.82, 2.24) is 10.2 Å². The SMILES string of the molecule is CC1=C(C(=O)O)N2C(=O)C(NC(=O)C(N)c3ccc(N=O)cc3)C2SC1. The predicted octanol–water partition coefficient (Wildman–Crippen LogP) is 0.843. The minimum absolute atomic E-state index is 0.0227. The zero-order valence-electron chi connectivity index (χ0n) is 13.7. The van der Waals surface area contributed by atoms with Crippen molar-refractivity contribution >= 4 is 35.2 Å². The molecule has 9 nitrogen and oxygen atoms in total. The molecule has 2 amide bonds. The molecule has 26 heavy (non-hydrogen) atoms. The van der Waals surface area contributed by atoms with Gasteiger partial charge in [0.15, 0.2) is 0 Å². The third kappa shape index (κ3) is 2.97. The molecule has 3 rings (SSSR count). The number of nitrogens with zero attached hydrogens (tertiary/aromatic N) is 2. The highest BCUT2D eigenvalue weighted by Gasteiger charge is 2.53. The standard InChI is InChI=1S/C16H16N4O5S/c1-7-6-26-15-11(14(22)20(15)12(7)16(23)24)18-13(21)10(17)8-2-4-9(19-25)5-3-8/h2-5,10-11,15H,6,17H2,1H3,(H,18,21)(H,23,24). The third-order valence-corrected chi connectivity index (χ3v) is 5.72. The summed E-state index contributed by atoms with van der Waals surface area (Å²) < 4.78 is 0. The molecule has 0 bridgehead atoms. The van der Waals surface area contributed by atoms with Crippen molar-refractivity contribution in [3.63, 3.8) is 0 Å². The minimum atomic E-state index is -1.16. The van der Waals surface area contributed by atoms with Crippen LogP contribution in [0.1, 0.15) is 18.5 Å². The van der Waals surface area contributed by atoms with Crippen LogP contribution >= 0.6 is 11.8 Å². The van der Waals surface area contributed by atoms with Crippen molar-refractivity contribution in [2.24, 2.45) is 10.9 Å². The fourth-order valence-corrected chi connectivity index (χ4v) is 4.21. The lowest BCUT2D eigenvalue weighted by Crippen LogP contribution is -2.71. The molecule has 0 aliphatic carbocycles. The summed E-state index contributed by atoms with van der Waals surface area (Å²) in [6.07, 6.45) is 0. The first-order valence-electron chi connectivity index (χ1n) is 7.72. The van der Waals surface area contributed by atoms with E-state index in [1.807, 2.05) is 0 Å². The smallest absolute Gasteiger partial charge is 0.352 e. The Hall–Kier alpha value is -2.72. The maximum absolute atomic E-state index is 12.4. The molecular weight excluding hydrogens is 360 g/mol. The quantitative estimate of drug-likeness (QED) is 0.510. The van der Waals surface area contributed by atoms with Crippen molar-refractivity contribution in [3.8, 4) is 0 Å². The zero-order valence-corrected chi connectivity index (χ0v) is 14.5. The summed E-state index contributed by atoms with van der Waals surface area (Å²) in [5.74, 6) is -1.72. The van der Waals surface area contributed by atoms with Crippen LogP contribution in [-0.2, 0) is 14.4 Å². The van der Waals surface area contributed by atoms with Gasteiger partial charge >= 0.3 is 5.97 Å². The number of carbonyl (C=O) groups excluding carboxylic acids is 2. The Morgan fingerprint density at radius 1 is 1.38 bits per heavy atom. The Labute approximate surface area is 152 Å². The number of hydrogen-bond donors (Lipinski definition) is 3. The molecule has 0 spiro atoms. The van der Waals surface area contributed by atoms with Gasteiger partial charge in [-0.2, -0.15) is 0 Å². The minimum Gasteiger partial charge on any atom is -0.477 e. The number of fused-ring (bicyclic) bond motifs is 1. The fourth-order valence-electron chi connectivity index (χ4n) is 2.91. The number of carbonyl (C=O) groups is 3. The molecule has 0 saturated carbocycles. The van der Waals surface area contributed by atoms with Crippen LogP contribution in [-0.4, -0.2) is 45.0 Å². The molecule has 136 valence electrons. The van der Waals surface area contributed by atoms with E-state index in [0.717, 1.165) is 0 Å². The molecule has 1 fully saturated rings. The van der Waals surface area contributed by atoms with Gasteiger partial charge in [-0.05, 0) is 35.4 Å². The number of nitroso groups, excluding NO2 is 1. The van der Waals surface area contributed by atoms with Crippen molar-refractivity contribution in [1.29, 1.82) is 0 Å². The summed E-state index contributed by atoms with van der Waals surface area (Å²) in [5.41, 5.74) is 7.18. The normalized spacial score (nSPS) is 23.0. The lowest BCUT2D eigenvalue weighted by molar-refractivity contribution is -0.150. The number of carboxylic acid groups (broad SMARTS) is 1. The Morgan fingerprint density at radius 2 is 2.04 bits per heavy atom. The van der Waals surface area contributed by atoms with Crippen LogP contribution in [0.3, 0.4) is 0 Å². The molecule has 2 aliphatic heterocycles. The van der Waals surface area contributed by atoms with Gasteiger partial charge in [0.2, 0.25) is 5.91 Å². The van der Waals surface area contributed by atoms with Gasteiger partial charge in [-0.15, -0.1) is 16.7 Å². The molecule has 1 aromatic carbocycles. The maximum Gasteiger partial charge on any atom is 0.352 e. The van der Waals surface area contributed by atoms with Crippen molar-refractivity contribution in [3.05, 3.63) is 46.0 Å². The van der Waals surface area contributed by atoms with Gasteiger partial charge in [0.25, 0.3) is 5.91 Å². The fraction of sp³-hybridized carbons (Fsp3) is 0.312. The second-order valence-corrected chi connectivity index (χ2v) is 7.10. The first kappa shape index (κ1) is 18.1. The van der Waals surface area contributed by atoms with Crippen LogP contribution in [0.5, 0.6) is 0 Å². The zero-order chi connectivity index (χ0) is 19.0. The van der Waals surface area contributed by atoms with E-state index in [0.29, 0.717) is 16.9 Å². The van der Waals surface area contributed by atoms with Crippen molar-refractivity contribution in [2.75, 3.05) is 5.75 Å². The van der Waals surface area contributed by atoms with E-state index >= 15 is 0 Å². The number of nitrogens with one attached hydrogen (secondary N) is 1. The molecule has 4 N–H and O–H groups in total. The number of rotatable bonds is 5. The van der Waals surface area contributed by atoms with E-state index in [4.69, 9.17) is 5.73 Å². The first-order valence-corrected chi connectivity index (χ1v) is 8.77. The van der Waals surface area contributed by atoms with Crippen LogP contribution in [0.25, 0.3) is 0 Å². The number of β-lactam (4-membered cyclic amide) rings is 1. The second-order valence-electron chi connectivity index (χ2n) is 5.99. The number of carboxylic acids is 1. The van der Waals surface area contributed by atoms with Crippen molar-refractivity contribution < 1.29 is 19.5 Å². The Morgan fingerprint density at radius 3 is 2.62 bits per heavy atom. The highest BCUT2D eigenvalue weighted by Crippen LogP contribution is 2.40. The second kappa shape index (κ2) is 6.89. The largest absolute Gasteiger partial charge is 0.477 e. The maximum atomic E-state index is 12.4. The average Bonchev–Trinajstić information content (AvgIpc) is 2.64. The van der Waals surface area contributed by atoms with Gasteiger partial charge in [0.05, 0.1) is 0 Å². The Kier molecular flexibility index (Phi) is 4.79. The number of nitrogens with two attached hydrogens (primary N) is 1. The van der Waals surface area contributed by atoms with Crippen molar-refractivity contribution in [2.45, 2.75) is 24.4 Å². The average molecular weight is 376 g/mol. The molecule has 1 aromatic rings. The van der Waals surface area contributed by atoms with E-state index < -0.39 is 35.2 Å². The number of thioether (sulfide) groups is 1. The van der Waals surface area contributed by atoms with Gasteiger partial charge in [-0.1, -0.05) is 12.1 Å². The molecule has 0 radical (unpaired) electrons. The Balaban J connectivity index is 1.70. The molecule has 3 atom stereocenters. The van der Waals surface area contributed by atoms with Crippen LogP contribution in [0, 0.1) is 4.91 Å². The van der Waals surface area contributed by atoms with Gasteiger partial charge in [0.1, 0.15) is 28.8 Å². The predicted molar refractivity (Wildman–Crippen MR) is 94.2 cm³/mol. The van der Waals surface area contributed by atoms with E-state index in [1.165, 1.54) is 40.9 Å². The van der Waals surface area contributed by atoms with Gasteiger partial charge < -0.3 is 16.2 Å². The summed E-state index contributed by atoms with van der Waals surface area (Å²) in [5, 5.41) is 14.2. The summed E-state index contributed by atoms with van der Waals surface area (Å²) in [4.78, 5) is 47.7. The monoisotopic (exact) mass is 376 g/mol. The van der Waals surface area contributed by atoms with E-state index in [2.05, 4.69) is 10.5 Å². The highest BCUT2D eigenvalue weighted by molar-refractivity contribution is 8.00. The Bertz CT molecular complexity index is 822. The van der Waals surface area contributed by atoms with Gasteiger partial charge in [-0.3, -0.25) is 14.5 Å². The van der Waals surface area contributed by atoms with Gasteiger partial charge in [0, 0.05) is 5.75 Å². The summed E-state index contributed by atoms with van der Waals surface area (Å²) in [6, 6.07) is 4.06. The number of hydrogen-bond acceptors (Lipinski definition) is 7. The molecule has 2 aliphatic rings. The summed E-state index contributed by atoms with van der Waals surface area (Å²) in [6.45, 7) is 1.67.